The van der Waals surface area contributed by atoms with Gasteiger partial charge in [0.1, 0.15) is 6.79 Å². The third kappa shape index (κ3) is 5.15. The SMILES string of the molecule is COCO[C@@H](C(C)C)[C@@H](C)C([Si](C)(C)C)S(=O)(=O)c1ccccc1. The molecule has 0 N–H and O–H groups in total. The minimum absolute atomic E-state index is 0.114. The number of benzene rings is 1. The number of ether oxygens (including phenoxy) is 2. The standard InChI is InChI=1S/C18H32O4SSi/c1-14(2)17(22-13-21-4)15(3)18(24(5,6)7)23(19,20)16-11-9-8-10-12-16/h8-12,14-15,17-18H,13H2,1-7H3/t15-,17+,18?/m1/s1. The summed E-state index contributed by atoms with van der Waals surface area (Å²) in [5.41, 5.74) is 0. The van der Waals surface area contributed by atoms with Crippen LogP contribution in [-0.2, 0) is 19.3 Å². The van der Waals surface area contributed by atoms with Gasteiger partial charge >= 0.3 is 0 Å². The van der Waals surface area contributed by atoms with E-state index < -0.39 is 22.8 Å². The summed E-state index contributed by atoms with van der Waals surface area (Å²) in [6.45, 7) is 12.6. The highest BCUT2D eigenvalue weighted by Crippen LogP contribution is 2.33. The Hall–Kier alpha value is -0.693. The molecular formula is C18H32O4SSi. The van der Waals surface area contributed by atoms with Crippen LogP contribution in [0.15, 0.2) is 35.2 Å². The Bertz CT molecular complexity index is 593. The van der Waals surface area contributed by atoms with Crippen molar-refractivity contribution in [1.29, 1.82) is 0 Å². The highest BCUT2D eigenvalue weighted by Gasteiger charge is 2.45. The molecule has 4 nitrogen and oxygen atoms in total. The van der Waals surface area contributed by atoms with E-state index in [9.17, 15) is 8.42 Å². The van der Waals surface area contributed by atoms with Crippen molar-refractivity contribution in [1.82, 2.24) is 0 Å². The molecule has 3 atom stereocenters. The molecule has 6 heteroatoms. The first kappa shape index (κ1) is 21.3. The van der Waals surface area contributed by atoms with Crippen LogP contribution in [0.4, 0.5) is 0 Å². The third-order valence-corrected chi connectivity index (χ3v) is 11.6. The van der Waals surface area contributed by atoms with Crippen LogP contribution < -0.4 is 0 Å². The molecule has 0 fully saturated rings. The van der Waals surface area contributed by atoms with Crippen molar-refractivity contribution in [3.63, 3.8) is 0 Å². The van der Waals surface area contributed by atoms with Crippen molar-refractivity contribution in [3.8, 4) is 0 Å². The molecule has 0 aliphatic carbocycles. The zero-order valence-electron chi connectivity index (χ0n) is 15.9. The van der Waals surface area contributed by atoms with Gasteiger partial charge in [-0.2, -0.15) is 0 Å². The van der Waals surface area contributed by atoms with Crippen LogP contribution in [0.5, 0.6) is 0 Å². The van der Waals surface area contributed by atoms with Gasteiger partial charge in [0.15, 0.2) is 9.84 Å². The van der Waals surface area contributed by atoms with E-state index in [1.807, 2.05) is 13.0 Å². The van der Waals surface area contributed by atoms with Crippen molar-refractivity contribution in [2.75, 3.05) is 13.9 Å². The second-order valence-corrected chi connectivity index (χ2v) is 15.6. The lowest BCUT2D eigenvalue weighted by Gasteiger charge is -2.38. The molecule has 0 heterocycles. The number of hydrogen-bond donors (Lipinski definition) is 0. The second kappa shape index (κ2) is 8.60. The zero-order chi connectivity index (χ0) is 18.5. The molecule has 0 bridgehead atoms. The van der Waals surface area contributed by atoms with Gasteiger partial charge in [-0.3, -0.25) is 0 Å². The largest absolute Gasteiger partial charge is 0.359 e. The van der Waals surface area contributed by atoms with E-state index in [1.165, 1.54) is 0 Å². The van der Waals surface area contributed by atoms with Crippen LogP contribution >= 0.6 is 0 Å². The van der Waals surface area contributed by atoms with Crippen molar-refractivity contribution in [2.24, 2.45) is 11.8 Å². The molecule has 0 aliphatic heterocycles. The first-order chi connectivity index (χ1) is 11.0. The normalized spacial score (nSPS) is 16.8. The van der Waals surface area contributed by atoms with E-state index in [2.05, 4.69) is 33.5 Å². The molecule has 1 aromatic rings. The second-order valence-electron chi connectivity index (χ2n) is 7.79. The Labute approximate surface area is 148 Å². The summed E-state index contributed by atoms with van der Waals surface area (Å²) in [5, 5.41) is 0. The fourth-order valence-electron chi connectivity index (χ4n) is 3.56. The maximum absolute atomic E-state index is 13.4. The lowest BCUT2D eigenvalue weighted by molar-refractivity contribution is -0.103. The summed E-state index contributed by atoms with van der Waals surface area (Å²) < 4.78 is 37.6. The molecule has 1 aromatic carbocycles. The first-order valence-electron chi connectivity index (χ1n) is 8.43. The van der Waals surface area contributed by atoms with Gasteiger partial charge in [-0.1, -0.05) is 58.6 Å². The summed E-state index contributed by atoms with van der Waals surface area (Å²) >= 11 is 0. The van der Waals surface area contributed by atoms with Gasteiger partial charge in [0, 0.05) is 7.11 Å². The quantitative estimate of drug-likeness (QED) is 0.486. The Kier molecular flexibility index (Phi) is 7.65. The van der Waals surface area contributed by atoms with Crippen molar-refractivity contribution < 1.29 is 17.9 Å². The Morgan fingerprint density at radius 2 is 1.58 bits per heavy atom. The lowest BCUT2D eigenvalue weighted by Crippen LogP contribution is -2.52. The van der Waals surface area contributed by atoms with Gasteiger partial charge in [-0.25, -0.2) is 8.42 Å². The Morgan fingerprint density at radius 3 is 2.00 bits per heavy atom. The summed E-state index contributed by atoms with van der Waals surface area (Å²) in [7, 11) is -3.86. The smallest absolute Gasteiger partial charge is 0.179 e. The minimum atomic E-state index is -3.42. The molecule has 0 aliphatic rings. The van der Waals surface area contributed by atoms with Gasteiger partial charge in [-0.05, 0) is 24.0 Å². The van der Waals surface area contributed by atoms with Gasteiger partial charge < -0.3 is 9.47 Å². The Balaban J connectivity index is 3.31. The van der Waals surface area contributed by atoms with E-state index in [0.717, 1.165) is 0 Å². The van der Waals surface area contributed by atoms with Crippen molar-refractivity contribution in [3.05, 3.63) is 30.3 Å². The molecule has 0 aromatic heterocycles. The van der Waals surface area contributed by atoms with E-state index in [4.69, 9.17) is 9.47 Å². The highest BCUT2D eigenvalue weighted by atomic mass is 32.2. The Morgan fingerprint density at radius 1 is 1.04 bits per heavy atom. The minimum Gasteiger partial charge on any atom is -0.359 e. The molecule has 24 heavy (non-hydrogen) atoms. The predicted molar refractivity (Wildman–Crippen MR) is 102 cm³/mol. The van der Waals surface area contributed by atoms with Crippen LogP contribution in [0.1, 0.15) is 20.8 Å². The van der Waals surface area contributed by atoms with E-state index >= 15 is 0 Å². The number of hydrogen-bond acceptors (Lipinski definition) is 4. The van der Waals surface area contributed by atoms with Crippen LogP contribution in [0.2, 0.25) is 19.6 Å². The third-order valence-electron chi connectivity index (χ3n) is 4.29. The molecule has 0 spiro atoms. The number of methoxy groups -OCH3 is 1. The van der Waals surface area contributed by atoms with E-state index in [-0.39, 0.29) is 24.7 Å². The maximum Gasteiger partial charge on any atom is 0.179 e. The molecule has 0 saturated heterocycles. The summed E-state index contributed by atoms with van der Waals surface area (Å²) in [5.74, 6) is 0.0944. The monoisotopic (exact) mass is 372 g/mol. The predicted octanol–water partition coefficient (Wildman–Crippen LogP) is 3.99. The van der Waals surface area contributed by atoms with Gasteiger partial charge in [0.25, 0.3) is 0 Å². The fraction of sp³-hybridized carbons (Fsp3) is 0.667. The highest BCUT2D eigenvalue weighted by molar-refractivity contribution is 7.94. The maximum atomic E-state index is 13.4. The average molecular weight is 373 g/mol. The van der Waals surface area contributed by atoms with E-state index in [0.29, 0.717) is 4.90 Å². The van der Waals surface area contributed by atoms with Gasteiger partial charge in [-0.15, -0.1) is 0 Å². The van der Waals surface area contributed by atoms with Gasteiger partial charge in [0.2, 0.25) is 0 Å². The van der Waals surface area contributed by atoms with Crippen LogP contribution in [0.3, 0.4) is 0 Å². The summed E-state index contributed by atoms with van der Waals surface area (Å²) in [4.78, 5) is -0.0184. The van der Waals surface area contributed by atoms with Crippen LogP contribution in [0.25, 0.3) is 0 Å². The topological polar surface area (TPSA) is 52.6 Å². The molecule has 1 rings (SSSR count). The fourth-order valence-corrected chi connectivity index (χ4v) is 11.0. The summed E-state index contributed by atoms with van der Waals surface area (Å²) in [6, 6.07) is 8.77. The van der Waals surface area contributed by atoms with Crippen LogP contribution in [-0.4, -0.2) is 41.4 Å². The first-order valence-corrected chi connectivity index (χ1v) is 13.5. The van der Waals surface area contributed by atoms with Crippen molar-refractivity contribution in [2.45, 2.75) is 56.3 Å². The summed E-state index contributed by atoms with van der Waals surface area (Å²) in [6.07, 6.45) is -0.167. The van der Waals surface area contributed by atoms with E-state index in [1.54, 1.807) is 31.4 Å². The zero-order valence-corrected chi connectivity index (χ0v) is 17.8. The lowest BCUT2D eigenvalue weighted by atomic mass is 9.96. The van der Waals surface area contributed by atoms with Crippen LogP contribution in [0, 0.1) is 11.8 Å². The number of sulfone groups is 1. The molecule has 0 amide bonds. The van der Waals surface area contributed by atoms with Gasteiger partial charge in [0.05, 0.1) is 23.9 Å². The average Bonchev–Trinajstić information content (AvgIpc) is 2.46. The number of rotatable bonds is 9. The molecule has 0 saturated carbocycles. The molecule has 0 radical (unpaired) electrons. The van der Waals surface area contributed by atoms with Crippen molar-refractivity contribution >= 4 is 17.9 Å². The molecule has 138 valence electrons. The molecular weight excluding hydrogens is 340 g/mol. The molecule has 1 unspecified atom stereocenters.